The molecule has 0 aliphatic carbocycles. The summed E-state index contributed by atoms with van der Waals surface area (Å²) in [7, 11) is 0. The van der Waals surface area contributed by atoms with Crippen LogP contribution in [0.15, 0.2) is 10.4 Å². The van der Waals surface area contributed by atoms with E-state index in [0.717, 1.165) is 22.5 Å². The minimum atomic E-state index is 0.257. The molecule has 0 rings (SSSR count). The fourth-order valence-corrected chi connectivity index (χ4v) is 0. The van der Waals surface area contributed by atoms with E-state index >= 15 is 0 Å². The monoisotopic (exact) mass is 163 g/mol. The molecule has 0 atom stereocenters. The third-order valence-corrected chi connectivity index (χ3v) is 0. The molecule has 4 heavy (non-hydrogen) atoms. The minimum absolute atomic E-state index is 0.257. The Morgan fingerprint density at radius 1 is 2.00 bits per heavy atom. The number of hydrogen-bond acceptors (Lipinski definition) is 1. The fourth-order valence-electron chi connectivity index (χ4n) is 0. The maximum absolute atomic E-state index is 7.90. The van der Waals surface area contributed by atoms with E-state index in [1.165, 1.54) is 0 Å². The number of aliphatic hydroxyl groups is 1. The van der Waals surface area contributed by atoms with Gasteiger partial charge in [0, 0.05) is 0 Å². The molecule has 0 saturated heterocycles. The molecule has 3 radical (unpaired) electrons. The van der Waals surface area contributed by atoms with Crippen LogP contribution in [0.4, 0.5) is 0 Å². The van der Waals surface area contributed by atoms with Gasteiger partial charge in [-0.1, -0.05) is 0 Å². The molecule has 0 aromatic rings. The van der Waals surface area contributed by atoms with Crippen LogP contribution in [0.2, 0.25) is 0 Å². The Kier molecular flexibility index (Phi) is 1.78. The molecule has 21 valence electrons. The van der Waals surface area contributed by atoms with E-state index in [9.17, 15) is 0 Å². The topological polar surface area (TPSA) is 20.2 Å². The predicted molar refractivity (Wildman–Crippen MR) is 17.5 cm³/mol. The van der Waals surface area contributed by atoms with Crippen LogP contribution in [0, 0.1) is 0 Å². The molecule has 0 heterocycles. The van der Waals surface area contributed by atoms with Gasteiger partial charge >= 0.3 is 38.0 Å². The van der Waals surface area contributed by atoms with Crippen molar-refractivity contribution in [1.82, 2.24) is 0 Å². The average Bonchev–Trinajstić information content (AvgIpc) is 0.811. The van der Waals surface area contributed by atoms with Gasteiger partial charge in [0.05, 0.1) is 0 Å². The molecule has 0 unspecified atom stereocenters. The van der Waals surface area contributed by atoms with E-state index in [0.29, 0.717) is 0 Å². The first-order valence-electron chi connectivity index (χ1n) is 0.827. The van der Waals surface area contributed by atoms with Gasteiger partial charge < -0.3 is 0 Å². The normalized spacial score (nSPS) is 6.25. The van der Waals surface area contributed by atoms with E-state index in [1.54, 1.807) is 0 Å². The van der Waals surface area contributed by atoms with Crippen LogP contribution < -0.4 is 0 Å². The fraction of sp³-hybridized carbons (Fsp3) is 0. The van der Waals surface area contributed by atoms with Crippen molar-refractivity contribution in [3.63, 3.8) is 0 Å². The summed E-state index contributed by atoms with van der Waals surface area (Å²) in [6.07, 6.45) is 0. The van der Waals surface area contributed by atoms with Gasteiger partial charge in [-0.15, -0.1) is 0 Å². The third-order valence-electron chi connectivity index (χ3n) is 0. The molecule has 0 spiro atoms. The molecule has 0 amide bonds. The van der Waals surface area contributed by atoms with Crippen molar-refractivity contribution in [2.45, 2.75) is 0 Å². The summed E-state index contributed by atoms with van der Waals surface area (Å²) >= 11 is 0.998. The number of rotatable bonds is 0. The van der Waals surface area contributed by atoms with Crippen LogP contribution in [0.25, 0.3) is 0 Å². The van der Waals surface area contributed by atoms with Crippen molar-refractivity contribution in [2.75, 3.05) is 0 Å². The molecule has 0 aliphatic rings. The average molecular weight is 162 g/mol. The second kappa shape index (κ2) is 1.64. The Morgan fingerprint density at radius 3 is 2.00 bits per heavy atom. The van der Waals surface area contributed by atoms with Crippen LogP contribution >= 0.6 is 0 Å². The van der Waals surface area contributed by atoms with Gasteiger partial charge in [-0.2, -0.15) is 0 Å². The molecule has 0 aliphatic heterocycles. The summed E-state index contributed by atoms with van der Waals surface area (Å²) in [4.78, 5) is 0. The molecule has 0 fully saturated rings. The van der Waals surface area contributed by atoms with Crippen LogP contribution in [-0.4, -0.2) is 27.6 Å². The molecule has 0 aromatic heterocycles. The molecule has 1 nitrogen and oxygen atoms in total. The SMILES string of the molecule is C=[C](O)[Sn]. The standard InChI is InChI=1S/C2H3O.Sn/c1-2-3;/h3H,1H2;. The molecule has 0 saturated carbocycles. The van der Waals surface area contributed by atoms with Gasteiger partial charge in [0.25, 0.3) is 0 Å². The van der Waals surface area contributed by atoms with E-state index in [-0.39, 0.29) is 3.78 Å². The Morgan fingerprint density at radius 2 is 2.00 bits per heavy atom. The second-order valence-electron chi connectivity index (χ2n) is 0.447. The molecule has 2 heteroatoms. The van der Waals surface area contributed by atoms with Gasteiger partial charge in [-0.05, 0) is 0 Å². The van der Waals surface area contributed by atoms with Gasteiger partial charge in [0.1, 0.15) is 0 Å². The van der Waals surface area contributed by atoms with Gasteiger partial charge in [0.15, 0.2) is 0 Å². The van der Waals surface area contributed by atoms with Crippen LogP contribution in [-0.2, 0) is 0 Å². The second-order valence-corrected chi connectivity index (χ2v) is 2.09. The zero-order chi connectivity index (χ0) is 3.58. The van der Waals surface area contributed by atoms with Crippen molar-refractivity contribution in [3.8, 4) is 0 Å². The van der Waals surface area contributed by atoms with Crippen LogP contribution in [0.5, 0.6) is 0 Å². The first-order chi connectivity index (χ1) is 1.73. The summed E-state index contributed by atoms with van der Waals surface area (Å²) in [6, 6.07) is 0. The Balaban J connectivity index is 2.80. The maximum atomic E-state index is 7.90. The zero-order valence-corrected chi connectivity index (χ0v) is 5.01. The number of hydrogen-bond donors (Lipinski definition) is 1. The van der Waals surface area contributed by atoms with Crippen molar-refractivity contribution in [2.24, 2.45) is 0 Å². The summed E-state index contributed by atoms with van der Waals surface area (Å²) in [5.41, 5.74) is 0. The van der Waals surface area contributed by atoms with Gasteiger partial charge in [0.2, 0.25) is 0 Å². The summed E-state index contributed by atoms with van der Waals surface area (Å²) in [6.45, 7) is 3.15. The van der Waals surface area contributed by atoms with Crippen molar-refractivity contribution >= 4 is 22.5 Å². The summed E-state index contributed by atoms with van der Waals surface area (Å²) in [5.74, 6) is 0. The first kappa shape index (κ1) is 4.34. The van der Waals surface area contributed by atoms with Gasteiger partial charge in [-0.25, -0.2) is 0 Å². The van der Waals surface area contributed by atoms with Crippen molar-refractivity contribution in [3.05, 3.63) is 10.4 Å². The molecule has 1 N–H and O–H groups in total. The van der Waals surface area contributed by atoms with Crippen molar-refractivity contribution in [1.29, 1.82) is 0 Å². The molecular formula is C2H3OSn. The van der Waals surface area contributed by atoms with E-state index in [4.69, 9.17) is 5.11 Å². The summed E-state index contributed by atoms with van der Waals surface area (Å²) < 4.78 is 0.257. The van der Waals surface area contributed by atoms with E-state index in [1.807, 2.05) is 0 Å². The molecular weight excluding hydrogens is 159 g/mol. The van der Waals surface area contributed by atoms with Crippen LogP contribution in [0.1, 0.15) is 0 Å². The van der Waals surface area contributed by atoms with E-state index in [2.05, 4.69) is 6.58 Å². The zero-order valence-electron chi connectivity index (χ0n) is 2.15. The first-order valence-corrected chi connectivity index (χ1v) is 2.25. The van der Waals surface area contributed by atoms with E-state index < -0.39 is 0 Å². The Bertz CT molecular complexity index is 29.0. The molecule has 0 aromatic carbocycles. The molecule has 0 bridgehead atoms. The van der Waals surface area contributed by atoms with Crippen molar-refractivity contribution < 1.29 is 5.11 Å². The predicted octanol–water partition coefficient (Wildman–Crippen LogP) is 0.184. The third kappa shape index (κ3) is 36.5. The van der Waals surface area contributed by atoms with Gasteiger partial charge in [-0.3, -0.25) is 0 Å². The van der Waals surface area contributed by atoms with Crippen LogP contribution in [0.3, 0.4) is 0 Å². The quantitative estimate of drug-likeness (QED) is 0.397. The number of aliphatic hydroxyl groups excluding tert-OH is 1. The summed E-state index contributed by atoms with van der Waals surface area (Å²) in [5, 5.41) is 7.90. The Hall–Kier alpha value is 0.339. The Labute approximate surface area is 38.4 Å².